The number of nitrogens with zero attached hydrogens (tertiary/aromatic N) is 2. The van der Waals surface area contributed by atoms with Crippen molar-refractivity contribution in [1.82, 2.24) is 15.5 Å². The van der Waals surface area contributed by atoms with Crippen LogP contribution in [0.5, 0.6) is 0 Å². The van der Waals surface area contributed by atoms with Crippen molar-refractivity contribution in [2.75, 3.05) is 5.32 Å². The second-order valence-electron chi connectivity index (χ2n) is 4.99. The molecule has 5 nitrogen and oxygen atoms in total. The molecule has 0 bridgehead atoms. The van der Waals surface area contributed by atoms with E-state index in [0.29, 0.717) is 24.5 Å². The molecule has 0 radical (unpaired) electrons. The first-order valence-electron chi connectivity index (χ1n) is 6.64. The predicted molar refractivity (Wildman–Crippen MR) is 75.3 cm³/mol. The van der Waals surface area contributed by atoms with E-state index in [1.807, 2.05) is 0 Å². The molecule has 0 amide bonds. The summed E-state index contributed by atoms with van der Waals surface area (Å²) in [5.74, 6) is 0.651. The van der Waals surface area contributed by atoms with E-state index in [1.54, 1.807) is 11.3 Å². The SMILES string of the molecule is CC(Cc1cccs1)Nc1nnc(CNC2CC2)o1. The van der Waals surface area contributed by atoms with E-state index in [-0.39, 0.29) is 6.04 Å². The highest BCUT2D eigenvalue weighted by Crippen LogP contribution is 2.19. The zero-order valence-electron chi connectivity index (χ0n) is 10.9. The van der Waals surface area contributed by atoms with Crippen LogP contribution in [0, 0.1) is 0 Å². The quantitative estimate of drug-likeness (QED) is 0.814. The van der Waals surface area contributed by atoms with Gasteiger partial charge in [-0.25, -0.2) is 0 Å². The first-order chi connectivity index (χ1) is 9.29. The van der Waals surface area contributed by atoms with Crippen molar-refractivity contribution in [2.45, 2.75) is 44.8 Å². The Morgan fingerprint density at radius 2 is 2.37 bits per heavy atom. The summed E-state index contributed by atoms with van der Waals surface area (Å²) in [4.78, 5) is 1.36. The Kier molecular flexibility index (Phi) is 3.79. The van der Waals surface area contributed by atoms with E-state index in [9.17, 15) is 0 Å². The molecule has 19 heavy (non-hydrogen) atoms. The van der Waals surface area contributed by atoms with Gasteiger partial charge >= 0.3 is 6.01 Å². The fourth-order valence-corrected chi connectivity index (χ4v) is 2.73. The molecule has 1 aliphatic carbocycles. The summed E-state index contributed by atoms with van der Waals surface area (Å²) < 4.78 is 5.56. The number of hydrogen-bond acceptors (Lipinski definition) is 6. The summed E-state index contributed by atoms with van der Waals surface area (Å²) in [6.07, 6.45) is 3.49. The van der Waals surface area contributed by atoms with Crippen molar-refractivity contribution < 1.29 is 4.42 Å². The number of rotatable bonds is 7. The van der Waals surface area contributed by atoms with Gasteiger partial charge in [0.1, 0.15) is 0 Å². The van der Waals surface area contributed by atoms with Gasteiger partial charge in [0.15, 0.2) is 0 Å². The molecule has 1 aliphatic rings. The molecule has 2 N–H and O–H groups in total. The molecule has 0 aliphatic heterocycles. The minimum absolute atomic E-state index is 0.281. The van der Waals surface area contributed by atoms with E-state index in [0.717, 1.165) is 6.42 Å². The Balaban J connectivity index is 1.48. The lowest BCUT2D eigenvalue weighted by Gasteiger charge is -2.09. The molecule has 1 fully saturated rings. The van der Waals surface area contributed by atoms with E-state index in [4.69, 9.17) is 4.42 Å². The van der Waals surface area contributed by atoms with Crippen LogP contribution in [-0.2, 0) is 13.0 Å². The van der Waals surface area contributed by atoms with E-state index < -0.39 is 0 Å². The zero-order chi connectivity index (χ0) is 13.1. The van der Waals surface area contributed by atoms with Crippen LogP contribution in [0.4, 0.5) is 6.01 Å². The first kappa shape index (κ1) is 12.6. The Morgan fingerprint density at radius 3 is 3.11 bits per heavy atom. The van der Waals surface area contributed by atoms with Gasteiger partial charge in [-0.05, 0) is 31.2 Å². The highest BCUT2D eigenvalue weighted by Gasteiger charge is 2.21. The molecule has 3 rings (SSSR count). The van der Waals surface area contributed by atoms with Gasteiger partial charge in [0.25, 0.3) is 0 Å². The maximum Gasteiger partial charge on any atom is 0.315 e. The topological polar surface area (TPSA) is 63.0 Å². The fraction of sp³-hybridized carbons (Fsp3) is 0.538. The van der Waals surface area contributed by atoms with E-state index in [2.05, 4.69) is 45.3 Å². The predicted octanol–water partition coefficient (Wildman–Crippen LogP) is 2.43. The van der Waals surface area contributed by atoms with E-state index >= 15 is 0 Å². The molecule has 1 saturated carbocycles. The third-order valence-electron chi connectivity index (χ3n) is 3.04. The summed E-state index contributed by atoms with van der Waals surface area (Å²) >= 11 is 1.77. The van der Waals surface area contributed by atoms with Crippen LogP contribution in [0.2, 0.25) is 0 Å². The molecular formula is C13H18N4OS. The molecule has 0 saturated heterocycles. The van der Waals surface area contributed by atoms with Crippen molar-refractivity contribution in [3.63, 3.8) is 0 Å². The summed E-state index contributed by atoms with van der Waals surface area (Å²) in [6.45, 7) is 2.78. The van der Waals surface area contributed by atoms with Crippen LogP contribution < -0.4 is 10.6 Å². The molecule has 2 aromatic heterocycles. The second kappa shape index (κ2) is 5.71. The molecule has 1 unspecified atom stereocenters. The maximum absolute atomic E-state index is 5.56. The van der Waals surface area contributed by atoms with Crippen molar-refractivity contribution in [3.8, 4) is 0 Å². The molecule has 6 heteroatoms. The van der Waals surface area contributed by atoms with Crippen molar-refractivity contribution >= 4 is 17.4 Å². The highest BCUT2D eigenvalue weighted by molar-refractivity contribution is 7.09. The average molecular weight is 278 g/mol. The summed E-state index contributed by atoms with van der Waals surface area (Å²) in [5.41, 5.74) is 0. The summed E-state index contributed by atoms with van der Waals surface area (Å²) in [7, 11) is 0. The van der Waals surface area contributed by atoms with Crippen LogP contribution in [-0.4, -0.2) is 22.3 Å². The average Bonchev–Trinajstić information content (AvgIpc) is 2.88. The molecule has 102 valence electrons. The number of nitrogens with one attached hydrogen (secondary N) is 2. The molecular weight excluding hydrogens is 260 g/mol. The molecule has 2 heterocycles. The van der Waals surface area contributed by atoms with Gasteiger partial charge in [-0.15, -0.1) is 16.4 Å². The van der Waals surface area contributed by atoms with Crippen molar-refractivity contribution in [2.24, 2.45) is 0 Å². The van der Waals surface area contributed by atoms with Gasteiger partial charge in [0.2, 0.25) is 5.89 Å². The van der Waals surface area contributed by atoms with Gasteiger partial charge in [-0.1, -0.05) is 11.2 Å². The fourth-order valence-electron chi connectivity index (χ4n) is 1.89. The summed E-state index contributed by atoms with van der Waals surface area (Å²) in [6, 6.07) is 5.66. The van der Waals surface area contributed by atoms with Gasteiger partial charge < -0.3 is 15.1 Å². The van der Waals surface area contributed by atoms with Gasteiger partial charge in [-0.3, -0.25) is 0 Å². The maximum atomic E-state index is 5.56. The van der Waals surface area contributed by atoms with Gasteiger partial charge in [-0.2, -0.15) is 0 Å². The third kappa shape index (κ3) is 3.78. The minimum Gasteiger partial charge on any atom is -0.407 e. The lowest BCUT2D eigenvalue weighted by molar-refractivity contribution is 0.472. The number of aromatic nitrogens is 2. The molecule has 2 aromatic rings. The van der Waals surface area contributed by atoms with Crippen LogP contribution in [0.1, 0.15) is 30.5 Å². The Morgan fingerprint density at radius 1 is 1.47 bits per heavy atom. The normalized spacial score (nSPS) is 16.5. The molecule has 0 aromatic carbocycles. The monoisotopic (exact) mass is 278 g/mol. The minimum atomic E-state index is 0.281. The van der Waals surface area contributed by atoms with Crippen LogP contribution in [0.3, 0.4) is 0 Å². The zero-order valence-corrected chi connectivity index (χ0v) is 11.7. The first-order valence-corrected chi connectivity index (χ1v) is 7.52. The van der Waals surface area contributed by atoms with E-state index in [1.165, 1.54) is 17.7 Å². The Bertz CT molecular complexity index is 506. The van der Waals surface area contributed by atoms with Crippen LogP contribution in [0.25, 0.3) is 0 Å². The smallest absolute Gasteiger partial charge is 0.315 e. The number of hydrogen-bond donors (Lipinski definition) is 2. The van der Waals surface area contributed by atoms with Crippen LogP contribution >= 0.6 is 11.3 Å². The lowest BCUT2D eigenvalue weighted by Crippen LogP contribution is -2.17. The van der Waals surface area contributed by atoms with Crippen molar-refractivity contribution in [1.29, 1.82) is 0 Å². The highest BCUT2D eigenvalue weighted by atomic mass is 32.1. The summed E-state index contributed by atoms with van der Waals surface area (Å²) in [5, 5.41) is 16.7. The Labute approximate surface area is 116 Å². The molecule has 0 spiro atoms. The molecule has 1 atom stereocenters. The standard InChI is InChI=1S/C13H18N4OS/c1-9(7-11-3-2-6-19-11)15-13-17-16-12(18-13)8-14-10-4-5-10/h2-3,6,9-10,14H,4-5,7-8H2,1H3,(H,15,17). The number of thiophene rings is 1. The second-order valence-corrected chi connectivity index (χ2v) is 6.02. The van der Waals surface area contributed by atoms with Gasteiger partial charge in [0.05, 0.1) is 6.54 Å². The Hall–Kier alpha value is -1.40. The largest absolute Gasteiger partial charge is 0.407 e. The third-order valence-corrected chi connectivity index (χ3v) is 3.94. The van der Waals surface area contributed by atoms with Crippen LogP contribution in [0.15, 0.2) is 21.9 Å². The van der Waals surface area contributed by atoms with Crippen molar-refractivity contribution in [3.05, 3.63) is 28.3 Å². The lowest BCUT2D eigenvalue weighted by atomic mass is 10.2. The van der Waals surface area contributed by atoms with Gasteiger partial charge in [0, 0.05) is 23.4 Å². The number of anilines is 1.